The van der Waals surface area contributed by atoms with Crippen LogP contribution < -0.4 is 10.2 Å². The van der Waals surface area contributed by atoms with E-state index in [4.69, 9.17) is 16.3 Å². The van der Waals surface area contributed by atoms with Crippen molar-refractivity contribution in [2.75, 3.05) is 0 Å². The number of amides is 1. The van der Waals surface area contributed by atoms with Gasteiger partial charge in [0, 0.05) is 10.6 Å². The fraction of sp³-hybridized carbons (Fsp3) is 0.167. The average Bonchev–Trinajstić information content (AvgIpc) is 2.69. The molecule has 0 spiro atoms. The molecule has 0 saturated carbocycles. The molecule has 0 bridgehead atoms. The number of nitrogens with zero attached hydrogens (tertiary/aromatic N) is 1. The predicted octanol–water partition coefficient (Wildman–Crippen LogP) is 5.61. The second-order valence-corrected chi connectivity index (χ2v) is 7.40. The zero-order chi connectivity index (χ0) is 20.8. The van der Waals surface area contributed by atoms with Crippen LogP contribution in [0.25, 0.3) is 0 Å². The van der Waals surface area contributed by atoms with Crippen molar-refractivity contribution in [3.8, 4) is 5.75 Å². The lowest BCUT2D eigenvalue weighted by Crippen LogP contribution is -2.17. The third-order valence-electron chi connectivity index (χ3n) is 4.47. The lowest BCUT2D eigenvalue weighted by molar-refractivity contribution is 0.0955. The molecular weight excluding hydrogens is 384 g/mol. The van der Waals surface area contributed by atoms with E-state index in [0.717, 1.165) is 33.6 Å². The number of benzene rings is 3. The van der Waals surface area contributed by atoms with Crippen LogP contribution in [0, 0.1) is 20.8 Å². The van der Waals surface area contributed by atoms with Crippen LogP contribution in [-0.4, -0.2) is 12.1 Å². The normalized spacial score (nSPS) is 10.9. The van der Waals surface area contributed by atoms with Gasteiger partial charge in [-0.15, -0.1) is 0 Å². The van der Waals surface area contributed by atoms with E-state index in [1.54, 1.807) is 18.3 Å². The molecule has 0 heterocycles. The lowest BCUT2D eigenvalue weighted by atomic mass is 10.1. The summed E-state index contributed by atoms with van der Waals surface area (Å²) in [4.78, 5) is 12.1. The van der Waals surface area contributed by atoms with Gasteiger partial charge in [0.1, 0.15) is 12.4 Å². The summed E-state index contributed by atoms with van der Waals surface area (Å²) >= 11 is 5.92. The number of aryl methyl sites for hydroxylation is 3. The highest BCUT2D eigenvalue weighted by Crippen LogP contribution is 2.25. The van der Waals surface area contributed by atoms with E-state index < -0.39 is 0 Å². The number of nitrogens with one attached hydrogen (secondary N) is 1. The Hall–Kier alpha value is -3.11. The molecule has 3 rings (SSSR count). The fourth-order valence-electron chi connectivity index (χ4n) is 2.96. The van der Waals surface area contributed by atoms with E-state index >= 15 is 0 Å². The van der Waals surface area contributed by atoms with Crippen LogP contribution in [0.15, 0.2) is 65.8 Å². The minimum absolute atomic E-state index is 0.238. The first-order chi connectivity index (χ1) is 13.9. The lowest BCUT2D eigenvalue weighted by Gasteiger charge is -2.13. The Balaban J connectivity index is 1.63. The number of carbonyl (C=O) groups excluding carboxylic acids is 1. The first-order valence-electron chi connectivity index (χ1n) is 9.31. The molecule has 0 aliphatic heterocycles. The van der Waals surface area contributed by atoms with E-state index in [0.29, 0.717) is 17.2 Å². The molecule has 29 heavy (non-hydrogen) atoms. The van der Waals surface area contributed by atoms with Crippen LogP contribution in [0.4, 0.5) is 0 Å². The summed E-state index contributed by atoms with van der Waals surface area (Å²) < 4.78 is 6.00. The van der Waals surface area contributed by atoms with E-state index in [1.165, 1.54) is 0 Å². The largest absolute Gasteiger partial charge is 0.488 e. The molecular formula is C24H23ClN2O2. The highest BCUT2D eigenvalue weighted by Gasteiger charge is 2.07. The smallest absolute Gasteiger partial charge is 0.271 e. The van der Waals surface area contributed by atoms with Crippen LogP contribution in [0.5, 0.6) is 5.75 Å². The number of hydrogen-bond acceptors (Lipinski definition) is 3. The van der Waals surface area contributed by atoms with Crippen molar-refractivity contribution in [2.24, 2.45) is 5.10 Å². The molecule has 0 aliphatic rings. The van der Waals surface area contributed by atoms with Crippen LogP contribution in [0.2, 0.25) is 5.02 Å². The van der Waals surface area contributed by atoms with Gasteiger partial charge in [-0.25, -0.2) is 5.43 Å². The monoisotopic (exact) mass is 406 g/mol. The summed E-state index contributed by atoms with van der Waals surface area (Å²) in [6, 6.07) is 18.9. The number of ether oxygens (including phenoxy) is 1. The fourth-order valence-corrected chi connectivity index (χ4v) is 3.08. The van der Waals surface area contributed by atoms with Gasteiger partial charge < -0.3 is 4.74 Å². The summed E-state index contributed by atoms with van der Waals surface area (Å²) in [5.41, 5.74) is 8.20. The van der Waals surface area contributed by atoms with Crippen molar-refractivity contribution < 1.29 is 9.53 Å². The average molecular weight is 407 g/mol. The van der Waals surface area contributed by atoms with Gasteiger partial charge >= 0.3 is 0 Å². The third-order valence-corrected chi connectivity index (χ3v) is 4.72. The Morgan fingerprint density at radius 3 is 2.24 bits per heavy atom. The molecule has 4 nitrogen and oxygen atoms in total. The van der Waals surface area contributed by atoms with Gasteiger partial charge in [0.25, 0.3) is 5.91 Å². The minimum Gasteiger partial charge on any atom is -0.488 e. The standard InChI is InChI=1S/C24H23ClN2O2/c1-16-4-8-21(9-5-16)24(28)27-26-14-20-12-17(2)23(18(3)13-20)29-15-19-6-10-22(25)11-7-19/h4-14H,15H2,1-3H3,(H,27,28)/b26-14-. The quantitative estimate of drug-likeness (QED) is 0.427. The summed E-state index contributed by atoms with van der Waals surface area (Å²) in [6.45, 7) is 6.44. The highest BCUT2D eigenvalue weighted by atomic mass is 35.5. The molecule has 1 N–H and O–H groups in total. The van der Waals surface area contributed by atoms with Gasteiger partial charge in [-0.3, -0.25) is 4.79 Å². The first kappa shape index (κ1) is 20.6. The van der Waals surface area contributed by atoms with Crippen LogP contribution in [-0.2, 0) is 6.61 Å². The molecule has 0 saturated heterocycles. The van der Waals surface area contributed by atoms with Crippen LogP contribution in [0.3, 0.4) is 0 Å². The maximum Gasteiger partial charge on any atom is 0.271 e. The molecule has 3 aromatic carbocycles. The van der Waals surface area contributed by atoms with E-state index in [1.807, 2.05) is 69.3 Å². The number of carbonyl (C=O) groups is 1. The Morgan fingerprint density at radius 1 is 1.00 bits per heavy atom. The predicted molar refractivity (Wildman–Crippen MR) is 118 cm³/mol. The number of rotatable bonds is 6. The number of hydrazone groups is 1. The minimum atomic E-state index is -0.238. The molecule has 148 valence electrons. The molecule has 0 radical (unpaired) electrons. The molecule has 0 atom stereocenters. The summed E-state index contributed by atoms with van der Waals surface area (Å²) in [5.74, 6) is 0.610. The van der Waals surface area contributed by atoms with Crippen LogP contribution >= 0.6 is 11.6 Å². The molecule has 0 unspecified atom stereocenters. The maximum absolute atomic E-state index is 12.1. The molecule has 5 heteroatoms. The van der Waals surface area contributed by atoms with Gasteiger partial charge in [0.05, 0.1) is 6.21 Å². The Morgan fingerprint density at radius 2 is 1.62 bits per heavy atom. The number of hydrogen-bond donors (Lipinski definition) is 1. The van der Waals surface area contributed by atoms with Gasteiger partial charge in [-0.2, -0.15) is 5.10 Å². The molecule has 3 aromatic rings. The summed E-state index contributed by atoms with van der Waals surface area (Å²) in [5, 5.41) is 4.78. The van der Waals surface area contributed by atoms with Crippen molar-refractivity contribution in [3.63, 3.8) is 0 Å². The second kappa shape index (κ2) is 9.39. The van der Waals surface area contributed by atoms with Gasteiger partial charge in [0.2, 0.25) is 0 Å². The van der Waals surface area contributed by atoms with Crippen LogP contribution in [0.1, 0.15) is 38.2 Å². The van der Waals surface area contributed by atoms with Crippen molar-refractivity contribution in [1.82, 2.24) is 5.43 Å². The Labute approximate surface area is 176 Å². The Kier molecular flexibility index (Phi) is 6.68. The van der Waals surface area contributed by atoms with Gasteiger partial charge in [-0.1, -0.05) is 41.4 Å². The number of halogens is 1. The van der Waals surface area contributed by atoms with E-state index in [2.05, 4.69) is 10.5 Å². The maximum atomic E-state index is 12.1. The SMILES string of the molecule is Cc1ccc(C(=O)N/N=C\c2cc(C)c(OCc3ccc(Cl)cc3)c(C)c2)cc1. The zero-order valence-corrected chi connectivity index (χ0v) is 17.5. The topological polar surface area (TPSA) is 50.7 Å². The summed E-state index contributed by atoms with van der Waals surface area (Å²) in [7, 11) is 0. The van der Waals surface area contributed by atoms with E-state index in [-0.39, 0.29) is 5.91 Å². The molecule has 0 fully saturated rings. The molecule has 0 aromatic heterocycles. The van der Waals surface area contributed by atoms with Crippen molar-refractivity contribution in [3.05, 3.63) is 99.1 Å². The first-order valence-corrected chi connectivity index (χ1v) is 9.69. The third kappa shape index (κ3) is 5.69. The summed E-state index contributed by atoms with van der Waals surface area (Å²) in [6.07, 6.45) is 1.63. The van der Waals surface area contributed by atoms with Crippen molar-refractivity contribution in [1.29, 1.82) is 0 Å². The van der Waals surface area contributed by atoms with E-state index in [9.17, 15) is 4.79 Å². The Bertz CT molecular complexity index is 1000. The highest BCUT2D eigenvalue weighted by molar-refractivity contribution is 6.30. The van der Waals surface area contributed by atoms with Crippen molar-refractivity contribution >= 4 is 23.7 Å². The van der Waals surface area contributed by atoms with Gasteiger partial charge in [-0.05, 0) is 79.4 Å². The second-order valence-electron chi connectivity index (χ2n) is 6.96. The molecule has 1 amide bonds. The van der Waals surface area contributed by atoms with Crippen molar-refractivity contribution in [2.45, 2.75) is 27.4 Å². The van der Waals surface area contributed by atoms with Gasteiger partial charge in [0.15, 0.2) is 0 Å². The molecule has 0 aliphatic carbocycles. The zero-order valence-electron chi connectivity index (χ0n) is 16.7.